The topological polar surface area (TPSA) is 67.8 Å². The van der Waals surface area contributed by atoms with Crippen molar-refractivity contribution >= 4 is 37.9 Å². The van der Waals surface area contributed by atoms with Crippen LogP contribution >= 0.6 is 22.9 Å². The third kappa shape index (κ3) is 2.14. The Morgan fingerprint density at radius 3 is 3.05 bits per heavy atom. The molecule has 0 saturated carbocycles. The maximum Gasteiger partial charge on any atom is 0.262 e. The van der Waals surface area contributed by atoms with Gasteiger partial charge in [-0.15, -0.1) is 11.3 Å². The number of fused-ring (bicyclic) bond motifs is 1. The molecule has 0 aliphatic heterocycles. The van der Waals surface area contributed by atoms with Gasteiger partial charge in [0, 0.05) is 30.7 Å². The van der Waals surface area contributed by atoms with E-state index >= 15 is 0 Å². The molecule has 3 rings (SSSR count). The van der Waals surface area contributed by atoms with Crippen molar-refractivity contribution in [2.24, 2.45) is 0 Å². The summed E-state index contributed by atoms with van der Waals surface area (Å²) in [5, 5.41) is 1.73. The largest absolute Gasteiger partial charge is 0.472 e. The zero-order valence-electron chi connectivity index (χ0n) is 10.4. The molecule has 106 valence electrons. The fourth-order valence-electron chi connectivity index (χ4n) is 1.84. The minimum Gasteiger partial charge on any atom is -0.472 e. The van der Waals surface area contributed by atoms with Gasteiger partial charge in [0.1, 0.15) is 0 Å². The molecule has 3 aromatic heterocycles. The van der Waals surface area contributed by atoms with Crippen LogP contribution in [0.4, 0.5) is 0 Å². The van der Waals surface area contributed by atoms with Crippen molar-refractivity contribution < 1.29 is 12.8 Å². The van der Waals surface area contributed by atoms with Crippen molar-refractivity contribution in [3.63, 3.8) is 0 Å². The van der Waals surface area contributed by atoms with Gasteiger partial charge in [0.15, 0.2) is 15.1 Å². The molecule has 3 heterocycles. The molecule has 0 fully saturated rings. The van der Waals surface area contributed by atoms with Crippen LogP contribution in [0.25, 0.3) is 4.96 Å². The fraction of sp³-hybridized carbons (Fsp3) is 0.182. The Labute approximate surface area is 124 Å². The Morgan fingerprint density at radius 1 is 1.55 bits per heavy atom. The van der Waals surface area contributed by atoms with Gasteiger partial charge in [-0.05, 0) is 6.07 Å². The first-order chi connectivity index (χ1) is 9.50. The zero-order chi connectivity index (χ0) is 14.3. The number of hydrogen-bond acceptors (Lipinski definition) is 5. The summed E-state index contributed by atoms with van der Waals surface area (Å²) in [5.74, 6) is 0. The Kier molecular flexibility index (Phi) is 3.33. The first-order valence-electron chi connectivity index (χ1n) is 5.58. The molecule has 20 heavy (non-hydrogen) atoms. The van der Waals surface area contributed by atoms with Crippen LogP contribution in [0, 0.1) is 0 Å². The first kappa shape index (κ1) is 13.6. The standard InChI is InChI=1S/C11H10ClN3O3S2/c1-14(6-8-2-4-18-7-8)20(16,17)10-9(12)13-11-15(10)3-5-19-11/h2-5,7H,6H2,1H3. The van der Waals surface area contributed by atoms with Gasteiger partial charge in [0.2, 0.25) is 0 Å². The predicted octanol–water partition coefficient (Wildman–Crippen LogP) is 2.46. The summed E-state index contributed by atoms with van der Waals surface area (Å²) in [6.07, 6.45) is 4.64. The van der Waals surface area contributed by atoms with Crippen LogP contribution in [0.3, 0.4) is 0 Å². The van der Waals surface area contributed by atoms with Crippen molar-refractivity contribution in [2.75, 3.05) is 7.05 Å². The molecule has 0 unspecified atom stereocenters. The second-order valence-corrected chi connectivity index (χ2v) is 7.35. The lowest BCUT2D eigenvalue weighted by Gasteiger charge is -2.15. The van der Waals surface area contributed by atoms with Crippen LogP contribution in [0.2, 0.25) is 5.15 Å². The quantitative estimate of drug-likeness (QED) is 0.736. The number of nitrogens with zero attached hydrogens (tertiary/aromatic N) is 3. The Bertz CT molecular complexity index is 836. The Hall–Kier alpha value is -1.35. The summed E-state index contributed by atoms with van der Waals surface area (Å²) in [6.45, 7) is 0.201. The number of furan rings is 1. The van der Waals surface area contributed by atoms with Crippen LogP contribution in [0.1, 0.15) is 5.56 Å². The number of hydrogen-bond donors (Lipinski definition) is 0. The van der Waals surface area contributed by atoms with Crippen molar-refractivity contribution in [2.45, 2.75) is 11.6 Å². The molecule has 0 aliphatic rings. The average Bonchev–Trinajstić information content (AvgIpc) is 3.05. The van der Waals surface area contributed by atoms with Crippen molar-refractivity contribution in [1.29, 1.82) is 0 Å². The lowest BCUT2D eigenvalue weighted by Crippen LogP contribution is -2.27. The van der Waals surface area contributed by atoms with Crippen molar-refractivity contribution in [3.05, 3.63) is 40.9 Å². The van der Waals surface area contributed by atoms with Gasteiger partial charge in [-0.25, -0.2) is 13.4 Å². The Morgan fingerprint density at radius 2 is 2.35 bits per heavy atom. The molecule has 0 amide bonds. The summed E-state index contributed by atoms with van der Waals surface area (Å²) in [4.78, 5) is 4.59. The third-order valence-corrected chi connectivity index (χ3v) is 5.78. The molecule has 0 N–H and O–H groups in total. The molecule has 6 nitrogen and oxygen atoms in total. The van der Waals surface area contributed by atoms with E-state index in [9.17, 15) is 8.42 Å². The molecule has 9 heteroatoms. The smallest absolute Gasteiger partial charge is 0.262 e. The number of thiazole rings is 1. The maximum absolute atomic E-state index is 12.6. The van der Waals surface area contributed by atoms with E-state index in [-0.39, 0.29) is 16.7 Å². The van der Waals surface area contributed by atoms with Gasteiger partial charge in [0.05, 0.1) is 12.5 Å². The molecule has 0 spiro atoms. The summed E-state index contributed by atoms with van der Waals surface area (Å²) in [7, 11) is -2.24. The fourth-order valence-corrected chi connectivity index (χ4v) is 4.40. The predicted molar refractivity (Wildman–Crippen MR) is 75.4 cm³/mol. The van der Waals surface area contributed by atoms with Gasteiger partial charge in [-0.1, -0.05) is 11.6 Å². The molecule has 0 bridgehead atoms. The summed E-state index contributed by atoms with van der Waals surface area (Å²) >= 11 is 7.29. The lowest BCUT2D eigenvalue weighted by molar-refractivity contribution is 0.460. The minimum atomic E-state index is -3.73. The van der Waals surface area contributed by atoms with E-state index in [1.165, 1.54) is 39.6 Å². The van der Waals surface area contributed by atoms with Crippen molar-refractivity contribution in [1.82, 2.24) is 13.7 Å². The summed E-state index contributed by atoms with van der Waals surface area (Å²) in [6, 6.07) is 1.71. The number of rotatable bonds is 4. The van der Waals surface area contributed by atoms with Gasteiger partial charge in [-0.2, -0.15) is 4.31 Å². The van der Waals surface area contributed by atoms with E-state index in [0.29, 0.717) is 4.96 Å². The van der Waals surface area contributed by atoms with E-state index in [4.69, 9.17) is 16.0 Å². The van der Waals surface area contributed by atoms with E-state index in [2.05, 4.69) is 4.98 Å². The SMILES string of the molecule is CN(Cc1ccoc1)S(=O)(=O)c1c(Cl)nc2sccn12. The van der Waals surface area contributed by atoms with Crippen molar-refractivity contribution in [3.8, 4) is 0 Å². The molecular weight excluding hydrogens is 322 g/mol. The highest BCUT2D eigenvalue weighted by atomic mass is 35.5. The van der Waals surface area contributed by atoms with Crippen LogP contribution in [-0.2, 0) is 16.6 Å². The van der Waals surface area contributed by atoms with E-state index in [1.807, 2.05) is 0 Å². The average molecular weight is 332 g/mol. The molecule has 3 aromatic rings. The van der Waals surface area contributed by atoms with Crippen LogP contribution in [0.15, 0.2) is 39.6 Å². The lowest BCUT2D eigenvalue weighted by atomic mass is 10.3. The number of halogens is 1. The molecule has 0 saturated heterocycles. The molecule has 0 radical (unpaired) electrons. The monoisotopic (exact) mass is 331 g/mol. The molecule has 0 atom stereocenters. The normalized spacial score (nSPS) is 12.6. The van der Waals surface area contributed by atoms with E-state index in [0.717, 1.165) is 5.56 Å². The maximum atomic E-state index is 12.6. The highest BCUT2D eigenvalue weighted by Crippen LogP contribution is 2.28. The van der Waals surface area contributed by atoms with Gasteiger partial charge < -0.3 is 4.42 Å². The van der Waals surface area contributed by atoms with Crippen LogP contribution in [-0.4, -0.2) is 29.2 Å². The summed E-state index contributed by atoms with van der Waals surface area (Å²) < 4.78 is 32.8. The molecular formula is C11H10ClN3O3S2. The summed E-state index contributed by atoms with van der Waals surface area (Å²) in [5.41, 5.74) is 0.762. The van der Waals surface area contributed by atoms with E-state index in [1.54, 1.807) is 17.6 Å². The molecule has 0 aromatic carbocycles. The van der Waals surface area contributed by atoms with Crippen LogP contribution < -0.4 is 0 Å². The first-order valence-corrected chi connectivity index (χ1v) is 8.28. The second-order valence-electron chi connectivity index (χ2n) is 4.16. The third-order valence-electron chi connectivity index (χ3n) is 2.82. The minimum absolute atomic E-state index is 0.0126. The Balaban J connectivity index is 2.02. The van der Waals surface area contributed by atoms with Gasteiger partial charge in [-0.3, -0.25) is 4.40 Å². The second kappa shape index (κ2) is 4.88. The number of sulfonamides is 1. The number of imidazole rings is 1. The highest BCUT2D eigenvalue weighted by molar-refractivity contribution is 7.89. The van der Waals surface area contributed by atoms with Crippen LogP contribution in [0.5, 0.6) is 0 Å². The zero-order valence-corrected chi connectivity index (χ0v) is 12.7. The molecule has 0 aliphatic carbocycles. The van der Waals surface area contributed by atoms with Gasteiger partial charge >= 0.3 is 0 Å². The number of aromatic nitrogens is 2. The van der Waals surface area contributed by atoms with Gasteiger partial charge in [0.25, 0.3) is 10.0 Å². The van der Waals surface area contributed by atoms with E-state index < -0.39 is 10.0 Å². The highest BCUT2D eigenvalue weighted by Gasteiger charge is 2.29.